The summed E-state index contributed by atoms with van der Waals surface area (Å²) in [6.45, 7) is 2.68. The molecule has 2 saturated heterocycles. The van der Waals surface area contributed by atoms with Crippen LogP contribution >= 0.6 is 27.5 Å². The van der Waals surface area contributed by atoms with Crippen molar-refractivity contribution < 1.29 is 9.18 Å². The van der Waals surface area contributed by atoms with E-state index in [2.05, 4.69) is 25.7 Å². The van der Waals surface area contributed by atoms with E-state index in [1.165, 1.54) is 12.1 Å². The maximum atomic E-state index is 13.1. The number of hydrogen-bond acceptors (Lipinski definition) is 4. The molecule has 0 spiro atoms. The molecule has 2 aliphatic rings. The van der Waals surface area contributed by atoms with Gasteiger partial charge in [-0.2, -0.15) is 0 Å². The van der Waals surface area contributed by atoms with E-state index in [-0.39, 0.29) is 11.6 Å². The van der Waals surface area contributed by atoms with Crippen LogP contribution in [0.3, 0.4) is 0 Å². The highest BCUT2D eigenvalue weighted by Gasteiger charge is 2.38. The van der Waals surface area contributed by atoms with E-state index in [1.807, 2.05) is 18.3 Å². The molecule has 29 heavy (non-hydrogen) atoms. The molecule has 4 rings (SSSR count). The van der Waals surface area contributed by atoms with Crippen LogP contribution in [0.15, 0.2) is 53.1 Å². The number of likely N-dealkylation sites (tertiary alicyclic amines) is 1. The zero-order valence-corrected chi connectivity index (χ0v) is 18.2. The number of carbonyl (C=O) groups excluding carboxylic acids is 1. The molecule has 0 aromatic heterocycles. The monoisotopic (exact) mass is 477 g/mol. The van der Waals surface area contributed by atoms with Crippen LogP contribution in [0.1, 0.15) is 28.8 Å². The predicted octanol–water partition coefficient (Wildman–Crippen LogP) is 4.87. The lowest BCUT2D eigenvalue weighted by Crippen LogP contribution is -2.50. The van der Waals surface area contributed by atoms with E-state index in [9.17, 15) is 9.18 Å². The van der Waals surface area contributed by atoms with E-state index in [4.69, 9.17) is 17.3 Å². The summed E-state index contributed by atoms with van der Waals surface area (Å²) < 4.78 is 13.8. The van der Waals surface area contributed by atoms with Crippen LogP contribution < -0.4 is 5.73 Å². The van der Waals surface area contributed by atoms with Crippen LogP contribution in [0.2, 0.25) is 5.02 Å². The van der Waals surface area contributed by atoms with Gasteiger partial charge in [-0.1, -0.05) is 23.7 Å². The molecule has 2 aromatic rings. The number of nitrogen functional groups attached to an aromatic ring is 1. The molecule has 0 aliphatic carbocycles. The fourth-order valence-electron chi connectivity index (χ4n) is 4.26. The topological polar surface area (TPSA) is 49.6 Å². The minimum absolute atomic E-state index is 0.131. The number of allylic oxidation sites excluding steroid dienone is 1. The minimum Gasteiger partial charge on any atom is -0.398 e. The van der Waals surface area contributed by atoms with E-state index >= 15 is 0 Å². The Morgan fingerprint density at radius 1 is 1.21 bits per heavy atom. The summed E-state index contributed by atoms with van der Waals surface area (Å²) in [5.41, 5.74) is 7.90. The lowest BCUT2D eigenvalue weighted by Gasteiger charge is -2.40. The molecule has 2 bridgehead atoms. The highest BCUT2D eigenvalue weighted by Crippen LogP contribution is 2.32. The molecule has 4 nitrogen and oxygen atoms in total. The molecule has 2 N–H and O–H groups in total. The first-order valence-electron chi connectivity index (χ1n) is 9.62. The predicted molar refractivity (Wildman–Crippen MR) is 117 cm³/mol. The zero-order chi connectivity index (χ0) is 20.5. The number of halogens is 3. The number of hydrogen-bond donors (Lipinski definition) is 1. The molecule has 2 heterocycles. The van der Waals surface area contributed by atoms with Crippen LogP contribution in [0.4, 0.5) is 10.1 Å². The lowest BCUT2D eigenvalue weighted by molar-refractivity contribution is 0.0967. The standard InChI is InChI=1S/C22H22BrClFN3O/c23-19-9-18(21(26)10-20(19)24)22(29)7-8-28-16-5-6-17(28)13-27(12-16)11-14-1-3-15(25)4-2-14/h1-4,7-10,16-17H,5-6,11-13,26H2/b8-7+. The second-order valence-electron chi connectivity index (χ2n) is 7.69. The zero-order valence-electron chi connectivity index (χ0n) is 15.8. The molecule has 7 heteroatoms. The Bertz CT molecular complexity index is 936. The smallest absolute Gasteiger partial charge is 0.189 e. The van der Waals surface area contributed by atoms with Crippen LogP contribution in [-0.4, -0.2) is 40.8 Å². The average molecular weight is 479 g/mol. The molecule has 2 fully saturated rings. The maximum Gasteiger partial charge on any atom is 0.189 e. The molecule has 0 amide bonds. The third kappa shape index (κ3) is 4.49. The Labute approximate surface area is 183 Å². The maximum absolute atomic E-state index is 13.1. The van der Waals surface area contributed by atoms with Crippen LogP contribution in [0, 0.1) is 5.82 Å². The fraction of sp³-hybridized carbons (Fsp3) is 0.318. The summed E-state index contributed by atoms with van der Waals surface area (Å²) >= 11 is 9.37. The summed E-state index contributed by atoms with van der Waals surface area (Å²) in [5.74, 6) is -0.338. The molecular weight excluding hydrogens is 457 g/mol. The molecule has 152 valence electrons. The minimum atomic E-state index is -0.207. The van der Waals surface area contributed by atoms with E-state index < -0.39 is 0 Å². The summed E-state index contributed by atoms with van der Waals surface area (Å²) in [4.78, 5) is 17.4. The van der Waals surface area contributed by atoms with Crippen molar-refractivity contribution in [1.29, 1.82) is 0 Å². The van der Waals surface area contributed by atoms with Gasteiger partial charge in [-0.25, -0.2) is 4.39 Å². The number of ketones is 1. The van der Waals surface area contributed by atoms with Crippen molar-refractivity contribution >= 4 is 39.0 Å². The molecule has 2 atom stereocenters. The Morgan fingerprint density at radius 3 is 2.52 bits per heavy atom. The first-order chi connectivity index (χ1) is 13.9. The Morgan fingerprint density at radius 2 is 1.86 bits per heavy atom. The van der Waals surface area contributed by atoms with Crippen LogP contribution in [-0.2, 0) is 6.54 Å². The number of benzene rings is 2. The quantitative estimate of drug-likeness (QED) is 0.378. The van der Waals surface area contributed by atoms with Gasteiger partial charge in [0.25, 0.3) is 0 Å². The first-order valence-corrected chi connectivity index (χ1v) is 10.8. The Balaban J connectivity index is 1.41. The van der Waals surface area contributed by atoms with Crippen molar-refractivity contribution in [1.82, 2.24) is 9.80 Å². The summed E-state index contributed by atoms with van der Waals surface area (Å²) in [6.07, 6.45) is 5.74. The van der Waals surface area contributed by atoms with Crippen molar-refractivity contribution in [2.45, 2.75) is 31.5 Å². The highest BCUT2D eigenvalue weighted by atomic mass is 79.9. The van der Waals surface area contributed by atoms with Crippen LogP contribution in [0.25, 0.3) is 0 Å². The number of carbonyl (C=O) groups is 1. The van der Waals surface area contributed by atoms with Gasteiger partial charge in [0.05, 0.1) is 5.02 Å². The van der Waals surface area contributed by atoms with E-state index in [1.54, 1.807) is 18.2 Å². The number of fused-ring (bicyclic) bond motifs is 2. The Kier molecular flexibility index (Phi) is 5.95. The molecular formula is C22H22BrClFN3O. The summed E-state index contributed by atoms with van der Waals surface area (Å²) in [7, 11) is 0. The highest BCUT2D eigenvalue weighted by molar-refractivity contribution is 9.10. The van der Waals surface area contributed by atoms with E-state index in [0.29, 0.717) is 32.8 Å². The van der Waals surface area contributed by atoms with Gasteiger partial charge in [0.2, 0.25) is 0 Å². The fourth-order valence-corrected chi connectivity index (χ4v) is 4.78. The third-order valence-corrected chi connectivity index (χ3v) is 6.89. The SMILES string of the molecule is Nc1cc(Cl)c(Br)cc1C(=O)/C=C/N1C2CCC1CN(Cc1ccc(F)cc1)C2. The van der Waals surface area contributed by atoms with Crippen LogP contribution in [0.5, 0.6) is 0 Å². The normalized spacial score (nSPS) is 21.8. The van der Waals surface area contributed by atoms with Crippen molar-refractivity contribution in [3.63, 3.8) is 0 Å². The first kappa shape index (κ1) is 20.4. The van der Waals surface area contributed by atoms with Crippen molar-refractivity contribution in [2.24, 2.45) is 0 Å². The van der Waals surface area contributed by atoms with Gasteiger partial charge in [-0.3, -0.25) is 9.69 Å². The lowest BCUT2D eigenvalue weighted by atomic mass is 10.1. The summed E-state index contributed by atoms with van der Waals surface area (Å²) in [6, 6.07) is 10.7. The Hall–Kier alpha value is -1.89. The largest absolute Gasteiger partial charge is 0.398 e. The number of piperazine rings is 1. The second-order valence-corrected chi connectivity index (χ2v) is 8.95. The number of anilines is 1. The van der Waals surface area contributed by atoms with Gasteiger partial charge in [0.1, 0.15) is 5.82 Å². The van der Waals surface area contributed by atoms with Gasteiger partial charge >= 0.3 is 0 Å². The van der Waals surface area contributed by atoms with Crippen molar-refractivity contribution in [2.75, 3.05) is 18.8 Å². The van der Waals surface area contributed by atoms with Gasteiger partial charge in [-0.05, 0) is 58.6 Å². The van der Waals surface area contributed by atoms with Crippen molar-refractivity contribution in [3.8, 4) is 0 Å². The third-order valence-electron chi connectivity index (χ3n) is 5.69. The molecule has 0 radical (unpaired) electrons. The number of nitrogens with zero attached hydrogens (tertiary/aromatic N) is 2. The molecule has 2 aliphatic heterocycles. The second kappa shape index (κ2) is 8.46. The van der Waals surface area contributed by atoms with Gasteiger partial charge < -0.3 is 10.6 Å². The van der Waals surface area contributed by atoms with Gasteiger partial charge in [-0.15, -0.1) is 0 Å². The van der Waals surface area contributed by atoms with Gasteiger partial charge in [0.15, 0.2) is 5.78 Å². The van der Waals surface area contributed by atoms with E-state index in [0.717, 1.165) is 38.0 Å². The number of nitrogens with two attached hydrogens (primary N) is 1. The molecule has 0 saturated carbocycles. The molecule has 2 unspecified atom stereocenters. The summed E-state index contributed by atoms with van der Waals surface area (Å²) in [5, 5.41) is 0.485. The van der Waals surface area contributed by atoms with Gasteiger partial charge in [0, 0.05) is 59.7 Å². The van der Waals surface area contributed by atoms with Crippen molar-refractivity contribution in [3.05, 3.63) is 75.1 Å². The average Bonchev–Trinajstić information content (AvgIpc) is 2.93. The number of rotatable bonds is 5. The molecule has 2 aromatic carbocycles.